The summed E-state index contributed by atoms with van der Waals surface area (Å²) in [7, 11) is -2.20. The topological polar surface area (TPSA) is 93.7 Å². The minimum Gasteiger partial charge on any atom is -0.494 e. The molecule has 2 aromatic rings. The average Bonchev–Trinajstić information content (AvgIpc) is 2.63. The van der Waals surface area contributed by atoms with Gasteiger partial charge in [-0.25, -0.2) is 8.42 Å². The first kappa shape index (κ1) is 20.7. The molecule has 146 valence electrons. The first-order valence-corrected chi connectivity index (χ1v) is 9.99. The number of carbonyl (C=O) groups excluding carboxylic acids is 1. The molecule has 2 N–H and O–H groups in total. The van der Waals surface area contributed by atoms with E-state index in [4.69, 9.17) is 9.47 Å². The lowest BCUT2D eigenvalue weighted by atomic mass is 10.2. The highest BCUT2D eigenvalue weighted by atomic mass is 32.2. The normalized spacial score (nSPS) is 12.3. The molecule has 0 bridgehead atoms. The van der Waals surface area contributed by atoms with Gasteiger partial charge in [-0.1, -0.05) is 0 Å². The Hall–Kier alpha value is -2.58. The molecule has 0 radical (unpaired) electrons. The fourth-order valence-corrected chi connectivity index (χ4v) is 3.44. The van der Waals surface area contributed by atoms with Crippen LogP contribution in [0, 0.1) is 0 Å². The van der Waals surface area contributed by atoms with Gasteiger partial charge >= 0.3 is 0 Å². The van der Waals surface area contributed by atoms with Crippen molar-refractivity contribution in [3.05, 3.63) is 54.1 Å². The van der Waals surface area contributed by atoms with Gasteiger partial charge in [-0.3, -0.25) is 9.52 Å². The average molecular weight is 392 g/mol. The lowest BCUT2D eigenvalue weighted by molar-refractivity contribution is 0.0905. The number of ether oxygens (including phenoxy) is 2. The molecule has 2 rings (SSSR count). The first-order chi connectivity index (χ1) is 12.9. The van der Waals surface area contributed by atoms with Crippen molar-refractivity contribution in [2.45, 2.75) is 24.8 Å². The quantitative estimate of drug-likeness (QED) is 0.684. The van der Waals surface area contributed by atoms with Gasteiger partial charge in [-0.15, -0.1) is 0 Å². The van der Waals surface area contributed by atoms with Crippen LogP contribution < -0.4 is 14.8 Å². The molecule has 0 aliphatic carbocycles. The summed E-state index contributed by atoms with van der Waals surface area (Å²) in [6.07, 6.45) is 0. The van der Waals surface area contributed by atoms with Gasteiger partial charge in [0, 0.05) is 24.4 Å². The van der Waals surface area contributed by atoms with Crippen LogP contribution >= 0.6 is 0 Å². The van der Waals surface area contributed by atoms with Crippen LogP contribution in [0.3, 0.4) is 0 Å². The van der Waals surface area contributed by atoms with E-state index in [-0.39, 0.29) is 16.8 Å². The largest absolute Gasteiger partial charge is 0.494 e. The molecule has 0 saturated heterocycles. The molecule has 0 fully saturated rings. The lowest BCUT2D eigenvalue weighted by Crippen LogP contribution is -2.35. The van der Waals surface area contributed by atoms with Crippen LogP contribution in [-0.4, -0.2) is 40.7 Å². The summed E-state index contributed by atoms with van der Waals surface area (Å²) < 4.78 is 37.8. The Bertz CT molecular complexity index is 849. The minimum atomic E-state index is -3.76. The van der Waals surface area contributed by atoms with Gasteiger partial charge in [0.05, 0.1) is 18.1 Å². The van der Waals surface area contributed by atoms with Crippen LogP contribution in [0.5, 0.6) is 5.75 Å². The Morgan fingerprint density at radius 1 is 1.07 bits per heavy atom. The number of rotatable bonds is 9. The SMILES string of the molecule is CCOc1ccc(NS(=O)(=O)c2ccc(C(=O)NC(C)COC)cc2)cc1. The third-order valence-electron chi connectivity index (χ3n) is 3.64. The highest BCUT2D eigenvalue weighted by Gasteiger charge is 2.16. The Morgan fingerprint density at radius 2 is 1.70 bits per heavy atom. The molecule has 0 heterocycles. The number of benzene rings is 2. The van der Waals surface area contributed by atoms with E-state index in [2.05, 4.69) is 10.0 Å². The molecule has 1 atom stereocenters. The highest BCUT2D eigenvalue weighted by Crippen LogP contribution is 2.20. The fraction of sp³-hybridized carbons (Fsp3) is 0.316. The maximum absolute atomic E-state index is 12.5. The zero-order valence-corrected chi connectivity index (χ0v) is 16.4. The maximum atomic E-state index is 12.5. The van der Waals surface area contributed by atoms with Crippen LogP contribution in [0.15, 0.2) is 53.4 Å². The summed E-state index contributed by atoms with van der Waals surface area (Å²) in [5.74, 6) is 0.376. The van der Waals surface area contributed by atoms with Crippen molar-refractivity contribution in [1.82, 2.24) is 5.32 Å². The second-order valence-corrected chi connectivity index (χ2v) is 7.60. The van der Waals surface area contributed by atoms with E-state index >= 15 is 0 Å². The minimum absolute atomic E-state index is 0.0675. The number of amides is 1. The van der Waals surface area contributed by atoms with Gasteiger partial charge in [-0.05, 0) is 62.4 Å². The molecule has 2 aromatic carbocycles. The summed E-state index contributed by atoms with van der Waals surface area (Å²) in [5, 5.41) is 2.77. The second kappa shape index (κ2) is 9.38. The van der Waals surface area contributed by atoms with Gasteiger partial charge in [0.1, 0.15) is 5.75 Å². The van der Waals surface area contributed by atoms with E-state index in [1.807, 2.05) is 13.8 Å². The fourth-order valence-electron chi connectivity index (χ4n) is 2.38. The van der Waals surface area contributed by atoms with Crippen LogP contribution in [-0.2, 0) is 14.8 Å². The summed E-state index contributed by atoms with van der Waals surface area (Å²) in [5.41, 5.74) is 0.798. The molecule has 8 heteroatoms. The molecular weight excluding hydrogens is 368 g/mol. The molecule has 0 aromatic heterocycles. The zero-order chi connectivity index (χ0) is 19.9. The Kier molecular flexibility index (Phi) is 7.20. The van der Waals surface area contributed by atoms with Crippen LogP contribution in [0.25, 0.3) is 0 Å². The Balaban J connectivity index is 2.07. The zero-order valence-electron chi connectivity index (χ0n) is 15.6. The van der Waals surface area contributed by atoms with Crippen molar-refractivity contribution in [2.24, 2.45) is 0 Å². The predicted molar refractivity (Wildman–Crippen MR) is 104 cm³/mol. The number of anilines is 1. The van der Waals surface area contributed by atoms with Crippen LogP contribution in [0.4, 0.5) is 5.69 Å². The first-order valence-electron chi connectivity index (χ1n) is 8.51. The number of methoxy groups -OCH3 is 1. The van der Waals surface area contributed by atoms with E-state index in [9.17, 15) is 13.2 Å². The Labute approximate surface area is 159 Å². The number of hydrogen-bond donors (Lipinski definition) is 2. The van der Waals surface area contributed by atoms with E-state index in [1.165, 1.54) is 24.3 Å². The summed E-state index contributed by atoms with van der Waals surface area (Å²) in [6.45, 7) is 4.62. The monoisotopic (exact) mass is 392 g/mol. The van der Waals surface area contributed by atoms with Crippen molar-refractivity contribution < 1.29 is 22.7 Å². The maximum Gasteiger partial charge on any atom is 0.261 e. The number of sulfonamides is 1. The van der Waals surface area contributed by atoms with E-state index in [0.29, 0.717) is 30.2 Å². The smallest absolute Gasteiger partial charge is 0.261 e. The van der Waals surface area contributed by atoms with Gasteiger partial charge in [0.25, 0.3) is 15.9 Å². The third kappa shape index (κ3) is 5.97. The molecule has 0 aliphatic rings. The molecule has 0 saturated carbocycles. The van der Waals surface area contributed by atoms with E-state index in [0.717, 1.165) is 0 Å². The van der Waals surface area contributed by atoms with E-state index < -0.39 is 10.0 Å². The van der Waals surface area contributed by atoms with Crippen LogP contribution in [0.1, 0.15) is 24.2 Å². The summed E-state index contributed by atoms with van der Waals surface area (Å²) >= 11 is 0. The predicted octanol–water partition coefficient (Wildman–Crippen LogP) is 2.65. The van der Waals surface area contributed by atoms with Gasteiger partial charge < -0.3 is 14.8 Å². The molecule has 1 amide bonds. The van der Waals surface area contributed by atoms with Crippen molar-refractivity contribution in [3.8, 4) is 5.75 Å². The molecule has 0 aliphatic heterocycles. The Morgan fingerprint density at radius 3 is 2.26 bits per heavy atom. The lowest BCUT2D eigenvalue weighted by Gasteiger charge is -2.13. The third-order valence-corrected chi connectivity index (χ3v) is 5.04. The van der Waals surface area contributed by atoms with Gasteiger partial charge in [-0.2, -0.15) is 0 Å². The van der Waals surface area contributed by atoms with Gasteiger partial charge in [0.15, 0.2) is 0 Å². The number of nitrogens with one attached hydrogen (secondary N) is 2. The number of hydrogen-bond acceptors (Lipinski definition) is 5. The molecule has 7 nitrogen and oxygen atoms in total. The summed E-state index contributed by atoms with van der Waals surface area (Å²) in [4.78, 5) is 12.2. The number of carbonyl (C=O) groups is 1. The van der Waals surface area contributed by atoms with E-state index in [1.54, 1.807) is 31.4 Å². The van der Waals surface area contributed by atoms with Crippen molar-refractivity contribution in [1.29, 1.82) is 0 Å². The van der Waals surface area contributed by atoms with Crippen molar-refractivity contribution >= 4 is 21.6 Å². The van der Waals surface area contributed by atoms with Gasteiger partial charge in [0.2, 0.25) is 0 Å². The van der Waals surface area contributed by atoms with Crippen LogP contribution in [0.2, 0.25) is 0 Å². The van der Waals surface area contributed by atoms with Crippen molar-refractivity contribution in [2.75, 3.05) is 25.0 Å². The summed E-state index contributed by atoms with van der Waals surface area (Å²) in [6, 6.07) is 12.2. The second-order valence-electron chi connectivity index (χ2n) is 5.92. The molecule has 27 heavy (non-hydrogen) atoms. The highest BCUT2D eigenvalue weighted by molar-refractivity contribution is 7.92. The standard InChI is InChI=1S/C19H24N2O5S/c1-4-26-17-9-7-16(8-10-17)21-27(23,24)18-11-5-15(6-12-18)19(22)20-14(2)13-25-3/h5-12,14,21H,4,13H2,1-3H3,(H,20,22). The van der Waals surface area contributed by atoms with Crippen molar-refractivity contribution in [3.63, 3.8) is 0 Å². The molecular formula is C19H24N2O5S. The molecule has 1 unspecified atom stereocenters. The molecule has 0 spiro atoms.